The van der Waals surface area contributed by atoms with Crippen LogP contribution in [0.5, 0.6) is 0 Å². The van der Waals surface area contributed by atoms with Crippen LogP contribution in [0.4, 0.5) is 0 Å². The lowest BCUT2D eigenvalue weighted by Crippen LogP contribution is -2.30. The summed E-state index contributed by atoms with van der Waals surface area (Å²) in [5.74, 6) is -0.101. The maximum atomic E-state index is 11.9. The van der Waals surface area contributed by atoms with Crippen molar-refractivity contribution in [3.63, 3.8) is 0 Å². The fourth-order valence-corrected chi connectivity index (χ4v) is 2.04. The fourth-order valence-electron chi connectivity index (χ4n) is 2.04. The summed E-state index contributed by atoms with van der Waals surface area (Å²) >= 11 is 0. The molecule has 2 aromatic rings. The first-order chi connectivity index (χ1) is 10.5. The summed E-state index contributed by atoms with van der Waals surface area (Å²) in [6.07, 6.45) is 1.55. The minimum absolute atomic E-state index is 0.101. The van der Waals surface area contributed by atoms with Crippen LogP contribution in [0, 0.1) is 5.21 Å². The zero-order valence-electron chi connectivity index (χ0n) is 12.8. The third-order valence-electron chi connectivity index (χ3n) is 3.07. The molecule has 1 amide bonds. The lowest BCUT2D eigenvalue weighted by Gasteiger charge is -2.09. The van der Waals surface area contributed by atoms with Gasteiger partial charge in [-0.1, -0.05) is 30.3 Å². The molecule has 0 atom stereocenters. The van der Waals surface area contributed by atoms with Crippen LogP contribution in [-0.4, -0.2) is 22.9 Å². The molecule has 0 aliphatic rings. The summed E-state index contributed by atoms with van der Waals surface area (Å²) in [6, 6.07) is 16.6. The Labute approximate surface area is 130 Å². The average molecular weight is 296 g/mol. The normalized spacial score (nSPS) is 11.5. The number of nitrogens with one attached hydrogen (secondary N) is 1. The van der Waals surface area contributed by atoms with Crippen molar-refractivity contribution in [3.05, 3.63) is 76.5 Å². The van der Waals surface area contributed by atoms with Crippen molar-refractivity contribution in [2.45, 2.75) is 26.4 Å². The van der Waals surface area contributed by atoms with Gasteiger partial charge in [0.25, 0.3) is 5.91 Å². The van der Waals surface area contributed by atoms with Gasteiger partial charge >= 0.3 is 0 Å². The van der Waals surface area contributed by atoms with Crippen molar-refractivity contribution in [2.24, 2.45) is 0 Å². The van der Waals surface area contributed by atoms with E-state index >= 15 is 0 Å². The Morgan fingerprint density at radius 3 is 2.36 bits per heavy atom. The molecule has 0 fully saturated rings. The van der Waals surface area contributed by atoms with E-state index in [4.69, 9.17) is 0 Å². The van der Waals surface area contributed by atoms with Gasteiger partial charge in [-0.25, -0.2) is 4.74 Å². The highest BCUT2D eigenvalue weighted by Crippen LogP contribution is 2.06. The quantitative estimate of drug-likeness (QED) is 0.399. The van der Waals surface area contributed by atoms with Crippen LogP contribution in [0.1, 0.15) is 35.3 Å². The van der Waals surface area contributed by atoms with Gasteiger partial charge in [-0.05, 0) is 38.1 Å². The van der Waals surface area contributed by atoms with E-state index in [1.165, 1.54) is 0 Å². The number of hydrogen-bond acceptors (Lipinski definition) is 2. The van der Waals surface area contributed by atoms with Gasteiger partial charge in [0.1, 0.15) is 0 Å². The van der Waals surface area contributed by atoms with E-state index in [-0.39, 0.29) is 18.5 Å². The SMILES string of the molecule is CC(C)NC(=O)c1ccc(C/[N+]([O-])=C\c2ccccc2)cc1. The zero-order chi connectivity index (χ0) is 15.9. The molecule has 0 heterocycles. The maximum absolute atomic E-state index is 11.9. The molecule has 2 aromatic carbocycles. The van der Waals surface area contributed by atoms with E-state index < -0.39 is 0 Å². The molecule has 0 saturated heterocycles. The third kappa shape index (κ3) is 4.74. The number of amides is 1. The van der Waals surface area contributed by atoms with Crippen LogP contribution in [0.25, 0.3) is 0 Å². The van der Waals surface area contributed by atoms with Crippen LogP contribution in [-0.2, 0) is 6.54 Å². The predicted molar refractivity (Wildman–Crippen MR) is 88.0 cm³/mol. The van der Waals surface area contributed by atoms with Crippen LogP contribution in [0.2, 0.25) is 0 Å². The van der Waals surface area contributed by atoms with E-state index in [2.05, 4.69) is 5.32 Å². The highest BCUT2D eigenvalue weighted by Gasteiger charge is 2.07. The minimum Gasteiger partial charge on any atom is -0.624 e. The Kier molecular flexibility index (Phi) is 5.31. The second-order valence-corrected chi connectivity index (χ2v) is 5.44. The summed E-state index contributed by atoms with van der Waals surface area (Å²) in [5.41, 5.74) is 2.33. The van der Waals surface area contributed by atoms with Crippen molar-refractivity contribution < 1.29 is 9.53 Å². The molecule has 0 unspecified atom stereocenters. The van der Waals surface area contributed by atoms with E-state index in [1.807, 2.05) is 44.2 Å². The number of benzene rings is 2. The van der Waals surface area contributed by atoms with Crippen LogP contribution in [0.15, 0.2) is 54.6 Å². The largest absolute Gasteiger partial charge is 0.624 e. The summed E-state index contributed by atoms with van der Waals surface area (Å²) in [5, 5.41) is 14.8. The molecule has 0 radical (unpaired) electrons. The van der Waals surface area contributed by atoms with Crippen molar-refractivity contribution in [1.82, 2.24) is 5.32 Å². The summed E-state index contributed by atoms with van der Waals surface area (Å²) in [6.45, 7) is 4.09. The van der Waals surface area contributed by atoms with Gasteiger partial charge < -0.3 is 10.5 Å². The first-order valence-electron chi connectivity index (χ1n) is 7.28. The van der Waals surface area contributed by atoms with Gasteiger partial charge in [-0.3, -0.25) is 4.79 Å². The average Bonchev–Trinajstić information content (AvgIpc) is 2.48. The summed E-state index contributed by atoms with van der Waals surface area (Å²) in [7, 11) is 0. The first kappa shape index (κ1) is 15.8. The van der Waals surface area contributed by atoms with Crippen LogP contribution in [0.3, 0.4) is 0 Å². The van der Waals surface area contributed by atoms with E-state index in [0.29, 0.717) is 5.56 Å². The van der Waals surface area contributed by atoms with Gasteiger partial charge in [0.2, 0.25) is 0 Å². The molecular weight excluding hydrogens is 276 g/mol. The fraction of sp³-hybridized carbons (Fsp3) is 0.222. The Balaban J connectivity index is 2.02. The van der Waals surface area contributed by atoms with Crippen molar-refractivity contribution >= 4 is 12.1 Å². The predicted octanol–water partition coefficient (Wildman–Crippen LogP) is 2.95. The molecular formula is C18H20N2O2. The number of rotatable bonds is 5. The molecule has 0 aromatic heterocycles. The molecule has 0 aliphatic carbocycles. The second-order valence-electron chi connectivity index (χ2n) is 5.44. The van der Waals surface area contributed by atoms with E-state index in [9.17, 15) is 10.0 Å². The van der Waals surface area contributed by atoms with Crippen molar-refractivity contribution in [2.75, 3.05) is 0 Å². The van der Waals surface area contributed by atoms with Gasteiger partial charge in [0.05, 0.1) is 0 Å². The van der Waals surface area contributed by atoms with Gasteiger partial charge in [0.15, 0.2) is 12.8 Å². The number of hydrogen-bond donors (Lipinski definition) is 1. The van der Waals surface area contributed by atoms with Gasteiger partial charge in [-0.15, -0.1) is 0 Å². The van der Waals surface area contributed by atoms with Crippen molar-refractivity contribution in [1.29, 1.82) is 0 Å². The Morgan fingerprint density at radius 1 is 1.14 bits per heavy atom. The molecule has 0 saturated carbocycles. The molecule has 2 rings (SSSR count). The summed E-state index contributed by atoms with van der Waals surface area (Å²) < 4.78 is 0.887. The monoisotopic (exact) mass is 296 g/mol. The van der Waals surface area contributed by atoms with Gasteiger partial charge in [-0.2, -0.15) is 0 Å². The minimum atomic E-state index is -0.101. The van der Waals surface area contributed by atoms with Gasteiger partial charge in [0, 0.05) is 22.7 Å². The zero-order valence-corrected chi connectivity index (χ0v) is 12.8. The molecule has 1 N–H and O–H groups in total. The Bertz CT molecular complexity index is 647. The lowest BCUT2D eigenvalue weighted by atomic mass is 10.1. The molecule has 0 bridgehead atoms. The molecule has 4 nitrogen and oxygen atoms in total. The van der Waals surface area contributed by atoms with E-state index in [1.54, 1.807) is 30.5 Å². The molecule has 4 heteroatoms. The lowest BCUT2D eigenvalue weighted by molar-refractivity contribution is -0.469. The highest BCUT2D eigenvalue weighted by atomic mass is 16.5. The number of nitrogens with zero attached hydrogens (tertiary/aromatic N) is 1. The Morgan fingerprint density at radius 2 is 1.77 bits per heavy atom. The first-order valence-corrected chi connectivity index (χ1v) is 7.28. The Hall–Kier alpha value is -2.62. The second kappa shape index (κ2) is 7.41. The highest BCUT2D eigenvalue weighted by molar-refractivity contribution is 5.94. The topological polar surface area (TPSA) is 55.2 Å². The van der Waals surface area contributed by atoms with Crippen LogP contribution < -0.4 is 5.32 Å². The molecule has 22 heavy (non-hydrogen) atoms. The summed E-state index contributed by atoms with van der Waals surface area (Å²) in [4.78, 5) is 11.8. The van der Waals surface area contributed by atoms with Crippen LogP contribution >= 0.6 is 0 Å². The number of carbonyl (C=O) groups excluding carboxylic acids is 1. The molecule has 114 valence electrons. The molecule has 0 spiro atoms. The maximum Gasteiger partial charge on any atom is 0.251 e. The van der Waals surface area contributed by atoms with E-state index in [0.717, 1.165) is 15.9 Å². The number of carbonyl (C=O) groups is 1. The standard InChI is InChI=1S/C18H20N2O2/c1-14(2)19-18(21)17-10-8-16(9-11-17)13-20(22)12-15-6-4-3-5-7-15/h3-12,14H,13H2,1-2H3,(H,19,21)/b20-12+. The van der Waals surface area contributed by atoms with Crippen molar-refractivity contribution in [3.8, 4) is 0 Å². The third-order valence-corrected chi connectivity index (χ3v) is 3.07. The molecule has 0 aliphatic heterocycles. The number of hydroxylamine groups is 1. The smallest absolute Gasteiger partial charge is 0.251 e.